The fourth-order valence-electron chi connectivity index (χ4n) is 1.81. The van der Waals surface area contributed by atoms with Crippen LogP contribution in [0, 0.1) is 0 Å². The number of aliphatic hydroxyl groups excluding tert-OH is 1. The Balaban J connectivity index is 2.60. The molecule has 1 heterocycles. The number of hydrogen-bond donors (Lipinski definition) is 1. The van der Waals surface area contributed by atoms with Gasteiger partial charge in [0.15, 0.2) is 0 Å². The van der Waals surface area contributed by atoms with Crippen molar-refractivity contribution in [1.29, 1.82) is 0 Å². The van der Waals surface area contributed by atoms with Crippen molar-refractivity contribution in [2.75, 3.05) is 14.1 Å². The zero-order valence-electron chi connectivity index (χ0n) is 8.32. The summed E-state index contributed by atoms with van der Waals surface area (Å²) in [6, 6.07) is 0.240. The summed E-state index contributed by atoms with van der Waals surface area (Å²) in [6.45, 7) is 3.98. The molecular weight excluding hydrogens is 154 g/mol. The average Bonchev–Trinajstić information content (AvgIpc) is 1.96. The molecule has 3 heteroatoms. The first-order valence-electron chi connectivity index (χ1n) is 4.52. The molecule has 2 unspecified atom stereocenters. The van der Waals surface area contributed by atoms with Crippen molar-refractivity contribution in [3.05, 3.63) is 0 Å². The second kappa shape index (κ2) is 3.73. The Labute approximate surface area is 74.3 Å². The third-order valence-corrected chi connectivity index (χ3v) is 2.56. The largest absolute Gasteiger partial charge is 0.389 e. The normalized spacial score (nSPS) is 43.5. The van der Waals surface area contributed by atoms with Crippen molar-refractivity contribution in [1.82, 2.24) is 4.90 Å². The molecule has 3 nitrogen and oxygen atoms in total. The van der Waals surface area contributed by atoms with E-state index in [1.807, 2.05) is 21.0 Å². The van der Waals surface area contributed by atoms with Gasteiger partial charge >= 0.3 is 0 Å². The van der Waals surface area contributed by atoms with E-state index in [9.17, 15) is 5.11 Å². The number of hydrogen-bond acceptors (Lipinski definition) is 3. The van der Waals surface area contributed by atoms with Crippen LogP contribution in [0.3, 0.4) is 0 Å². The standard InChI is InChI=1S/C9H19NO2/c1-6-5-8(10(3)4)9(11)7(2)12-6/h6-9,11H,5H2,1-4H3/t6?,7-,8-,9?/m0/s1. The molecule has 72 valence electrons. The topological polar surface area (TPSA) is 32.7 Å². The van der Waals surface area contributed by atoms with Crippen LogP contribution in [0.2, 0.25) is 0 Å². The Morgan fingerprint density at radius 2 is 1.92 bits per heavy atom. The molecule has 0 aromatic carbocycles. The molecule has 0 bridgehead atoms. The van der Waals surface area contributed by atoms with Crippen LogP contribution in [-0.2, 0) is 4.74 Å². The minimum absolute atomic E-state index is 0.0406. The van der Waals surface area contributed by atoms with Crippen molar-refractivity contribution in [3.63, 3.8) is 0 Å². The van der Waals surface area contributed by atoms with Gasteiger partial charge in [0.25, 0.3) is 0 Å². The lowest BCUT2D eigenvalue weighted by atomic mass is 9.96. The molecule has 1 aliphatic rings. The van der Waals surface area contributed by atoms with Crippen LogP contribution in [0.4, 0.5) is 0 Å². The SMILES string of the molecule is CC1C[C@H](N(C)C)C(O)[C@H](C)O1. The molecule has 0 aromatic heterocycles. The van der Waals surface area contributed by atoms with Gasteiger partial charge in [-0.25, -0.2) is 0 Å². The van der Waals surface area contributed by atoms with Gasteiger partial charge in [-0.2, -0.15) is 0 Å². The number of likely N-dealkylation sites (N-methyl/N-ethyl adjacent to an activating group) is 1. The van der Waals surface area contributed by atoms with E-state index in [1.165, 1.54) is 0 Å². The van der Waals surface area contributed by atoms with Crippen molar-refractivity contribution in [3.8, 4) is 0 Å². The maximum Gasteiger partial charge on any atom is 0.0954 e. The minimum Gasteiger partial charge on any atom is -0.389 e. The zero-order valence-corrected chi connectivity index (χ0v) is 8.32. The number of rotatable bonds is 1. The van der Waals surface area contributed by atoms with Gasteiger partial charge in [-0.15, -0.1) is 0 Å². The molecule has 1 saturated heterocycles. The molecule has 4 atom stereocenters. The van der Waals surface area contributed by atoms with Crippen LogP contribution in [0.1, 0.15) is 20.3 Å². The van der Waals surface area contributed by atoms with Gasteiger partial charge in [-0.3, -0.25) is 0 Å². The third kappa shape index (κ3) is 1.97. The van der Waals surface area contributed by atoms with Gasteiger partial charge in [-0.05, 0) is 34.4 Å². The van der Waals surface area contributed by atoms with Crippen LogP contribution in [0.15, 0.2) is 0 Å². The van der Waals surface area contributed by atoms with Gasteiger partial charge in [0.2, 0.25) is 0 Å². The van der Waals surface area contributed by atoms with Crippen molar-refractivity contribution >= 4 is 0 Å². The smallest absolute Gasteiger partial charge is 0.0954 e. The van der Waals surface area contributed by atoms with Gasteiger partial charge in [0.1, 0.15) is 0 Å². The lowest BCUT2D eigenvalue weighted by Crippen LogP contribution is -2.52. The quantitative estimate of drug-likeness (QED) is 0.626. The molecular formula is C9H19NO2. The van der Waals surface area contributed by atoms with E-state index in [2.05, 4.69) is 11.8 Å². The van der Waals surface area contributed by atoms with Gasteiger partial charge in [0, 0.05) is 6.04 Å². The Bertz CT molecular complexity index is 149. The molecule has 12 heavy (non-hydrogen) atoms. The summed E-state index contributed by atoms with van der Waals surface area (Å²) in [4.78, 5) is 2.07. The summed E-state index contributed by atoms with van der Waals surface area (Å²) in [7, 11) is 4.00. The maximum atomic E-state index is 9.76. The highest BCUT2D eigenvalue weighted by Crippen LogP contribution is 2.22. The summed E-state index contributed by atoms with van der Waals surface area (Å²) in [5.41, 5.74) is 0. The second-order valence-electron chi connectivity index (χ2n) is 3.91. The number of ether oxygens (including phenoxy) is 1. The zero-order chi connectivity index (χ0) is 9.30. The Hall–Kier alpha value is -0.120. The predicted octanol–water partition coefficient (Wildman–Crippen LogP) is 0.475. The highest BCUT2D eigenvalue weighted by atomic mass is 16.5. The maximum absolute atomic E-state index is 9.76. The van der Waals surface area contributed by atoms with E-state index in [4.69, 9.17) is 4.74 Å². The lowest BCUT2D eigenvalue weighted by molar-refractivity contribution is -0.134. The van der Waals surface area contributed by atoms with Crippen molar-refractivity contribution < 1.29 is 9.84 Å². The minimum atomic E-state index is -0.351. The number of nitrogens with zero attached hydrogens (tertiary/aromatic N) is 1. The highest BCUT2D eigenvalue weighted by Gasteiger charge is 2.34. The highest BCUT2D eigenvalue weighted by molar-refractivity contribution is 4.86. The Kier molecular flexibility index (Phi) is 3.09. The molecule has 0 aromatic rings. The molecule has 1 fully saturated rings. The first kappa shape index (κ1) is 9.96. The molecule has 1 aliphatic heterocycles. The second-order valence-corrected chi connectivity index (χ2v) is 3.91. The molecule has 1 rings (SSSR count). The number of aliphatic hydroxyl groups is 1. The van der Waals surface area contributed by atoms with Gasteiger partial charge in [-0.1, -0.05) is 0 Å². The van der Waals surface area contributed by atoms with Crippen molar-refractivity contribution in [2.24, 2.45) is 0 Å². The molecule has 0 radical (unpaired) electrons. The lowest BCUT2D eigenvalue weighted by Gasteiger charge is -2.40. The van der Waals surface area contributed by atoms with E-state index < -0.39 is 0 Å². The summed E-state index contributed by atoms with van der Waals surface area (Å²) in [5, 5.41) is 9.76. The summed E-state index contributed by atoms with van der Waals surface area (Å²) in [5.74, 6) is 0. The van der Waals surface area contributed by atoms with E-state index in [0.717, 1.165) is 6.42 Å². The molecule has 0 amide bonds. The molecule has 0 spiro atoms. The summed E-state index contributed by atoms with van der Waals surface area (Å²) >= 11 is 0. The Morgan fingerprint density at radius 3 is 2.42 bits per heavy atom. The average molecular weight is 173 g/mol. The molecule has 0 saturated carbocycles. The van der Waals surface area contributed by atoms with Crippen LogP contribution >= 0.6 is 0 Å². The van der Waals surface area contributed by atoms with Crippen LogP contribution in [0.5, 0.6) is 0 Å². The molecule has 1 N–H and O–H groups in total. The fourth-order valence-corrected chi connectivity index (χ4v) is 1.81. The van der Waals surface area contributed by atoms with Crippen LogP contribution in [0.25, 0.3) is 0 Å². The Morgan fingerprint density at radius 1 is 1.33 bits per heavy atom. The van der Waals surface area contributed by atoms with E-state index in [1.54, 1.807) is 0 Å². The van der Waals surface area contributed by atoms with Crippen LogP contribution in [-0.4, -0.2) is 48.5 Å². The predicted molar refractivity (Wildman–Crippen MR) is 48.1 cm³/mol. The summed E-state index contributed by atoms with van der Waals surface area (Å²) < 4.78 is 5.50. The van der Waals surface area contributed by atoms with Crippen molar-refractivity contribution in [2.45, 2.75) is 44.6 Å². The summed E-state index contributed by atoms with van der Waals surface area (Å²) in [6.07, 6.45) is 0.784. The molecule has 0 aliphatic carbocycles. The van der Waals surface area contributed by atoms with E-state index >= 15 is 0 Å². The fraction of sp³-hybridized carbons (Fsp3) is 1.00. The van der Waals surface area contributed by atoms with E-state index in [0.29, 0.717) is 0 Å². The first-order valence-corrected chi connectivity index (χ1v) is 4.52. The monoisotopic (exact) mass is 173 g/mol. The first-order chi connectivity index (χ1) is 5.52. The van der Waals surface area contributed by atoms with Gasteiger partial charge in [0.05, 0.1) is 18.3 Å². The van der Waals surface area contributed by atoms with E-state index in [-0.39, 0.29) is 24.4 Å². The van der Waals surface area contributed by atoms with Gasteiger partial charge < -0.3 is 14.7 Å². The third-order valence-electron chi connectivity index (χ3n) is 2.56. The van der Waals surface area contributed by atoms with Crippen LogP contribution < -0.4 is 0 Å².